The molecule has 0 aromatic heterocycles. The maximum Gasteiger partial charge on any atom is 0.0583 e. The Bertz CT molecular complexity index is 324. The Labute approximate surface area is 105 Å². The van der Waals surface area contributed by atoms with E-state index in [0.717, 1.165) is 25.7 Å². The lowest BCUT2D eigenvalue weighted by molar-refractivity contribution is 0.0977. The molecule has 17 heavy (non-hydrogen) atoms. The number of aliphatic hydroxyl groups is 1. The number of benzene rings is 1. The average Bonchev–Trinajstić information content (AvgIpc) is 2.33. The summed E-state index contributed by atoms with van der Waals surface area (Å²) in [6.07, 6.45) is 3.59. The zero-order valence-corrected chi connectivity index (χ0v) is 11.0. The van der Waals surface area contributed by atoms with Crippen LogP contribution >= 0.6 is 0 Å². The number of hydrogen-bond acceptors (Lipinski definition) is 2. The Morgan fingerprint density at radius 3 is 2.65 bits per heavy atom. The highest BCUT2D eigenvalue weighted by molar-refractivity contribution is 5.22. The molecule has 1 aromatic carbocycles. The quantitative estimate of drug-likeness (QED) is 0.763. The van der Waals surface area contributed by atoms with Gasteiger partial charge in [0.1, 0.15) is 0 Å². The van der Waals surface area contributed by atoms with Crippen LogP contribution in [0.3, 0.4) is 0 Å². The molecule has 2 heteroatoms. The van der Waals surface area contributed by atoms with Gasteiger partial charge in [-0.2, -0.15) is 0 Å². The van der Waals surface area contributed by atoms with Gasteiger partial charge in [0, 0.05) is 0 Å². The minimum Gasteiger partial charge on any atom is -0.393 e. The van der Waals surface area contributed by atoms with Gasteiger partial charge in [-0.1, -0.05) is 43.2 Å². The molecule has 0 fully saturated rings. The van der Waals surface area contributed by atoms with E-state index >= 15 is 0 Å². The van der Waals surface area contributed by atoms with Gasteiger partial charge < -0.3 is 10.8 Å². The molecule has 1 rings (SSSR count). The number of aryl methyl sites for hydroxylation is 2. The normalized spacial score (nSPS) is 14.6. The fourth-order valence-corrected chi connectivity index (χ4v) is 2.26. The predicted molar refractivity (Wildman–Crippen MR) is 73.0 cm³/mol. The van der Waals surface area contributed by atoms with Crippen LogP contribution in [0.15, 0.2) is 24.3 Å². The van der Waals surface area contributed by atoms with Crippen molar-refractivity contribution in [2.24, 2.45) is 11.7 Å². The summed E-state index contributed by atoms with van der Waals surface area (Å²) in [6.45, 7) is 4.82. The van der Waals surface area contributed by atoms with Crippen LogP contribution in [0.1, 0.15) is 37.3 Å². The summed E-state index contributed by atoms with van der Waals surface area (Å²) in [5.41, 5.74) is 8.27. The van der Waals surface area contributed by atoms with E-state index in [1.54, 1.807) is 0 Å². The first-order chi connectivity index (χ1) is 8.17. The van der Waals surface area contributed by atoms with Crippen molar-refractivity contribution in [2.75, 3.05) is 6.54 Å². The van der Waals surface area contributed by atoms with Crippen molar-refractivity contribution < 1.29 is 5.11 Å². The summed E-state index contributed by atoms with van der Waals surface area (Å²) in [5.74, 6) is 0.254. The third kappa shape index (κ3) is 4.88. The van der Waals surface area contributed by atoms with Crippen molar-refractivity contribution in [2.45, 2.75) is 45.6 Å². The largest absolute Gasteiger partial charge is 0.393 e. The Morgan fingerprint density at radius 2 is 2.06 bits per heavy atom. The van der Waals surface area contributed by atoms with Gasteiger partial charge in [0.05, 0.1) is 6.10 Å². The molecule has 0 radical (unpaired) electrons. The molecular weight excluding hydrogens is 210 g/mol. The molecule has 3 N–H and O–H groups in total. The van der Waals surface area contributed by atoms with Crippen LogP contribution in [0.4, 0.5) is 0 Å². The van der Waals surface area contributed by atoms with E-state index in [0.29, 0.717) is 6.54 Å². The van der Waals surface area contributed by atoms with E-state index in [1.165, 1.54) is 11.1 Å². The second-order valence-electron chi connectivity index (χ2n) is 4.88. The average molecular weight is 235 g/mol. The zero-order valence-electron chi connectivity index (χ0n) is 11.0. The lowest BCUT2D eigenvalue weighted by Gasteiger charge is -2.20. The Kier molecular flexibility index (Phi) is 6.23. The SMILES string of the molecule is CCCC(CN)C(O)CCc1cccc(C)c1. The fourth-order valence-electron chi connectivity index (χ4n) is 2.26. The van der Waals surface area contributed by atoms with Crippen molar-refractivity contribution in [1.29, 1.82) is 0 Å². The summed E-state index contributed by atoms with van der Waals surface area (Å²) in [6, 6.07) is 8.48. The summed E-state index contributed by atoms with van der Waals surface area (Å²) < 4.78 is 0. The van der Waals surface area contributed by atoms with E-state index in [4.69, 9.17) is 5.73 Å². The van der Waals surface area contributed by atoms with Crippen molar-refractivity contribution in [3.63, 3.8) is 0 Å². The maximum atomic E-state index is 10.1. The molecular formula is C15H25NO. The third-order valence-corrected chi connectivity index (χ3v) is 3.32. The van der Waals surface area contributed by atoms with Crippen LogP contribution in [-0.2, 0) is 6.42 Å². The first kappa shape index (κ1) is 14.2. The summed E-state index contributed by atoms with van der Waals surface area (Å²) in [5, 5.41) is 10.1. The molecule has 96 valence electrons. The first-order valence-corrected chi connectivity index (χ1v) is 6.61. The van der Waals surface area contributed by atoms with Crippen molar-refractivity contribution in [3.05, 3.63) is 35.4 Å². The minimum atomic E-state index is -0.263. The topological polar surface area (TPSA) is 46.2 Å². The maximum absolute atomic E-state index is 10.1. The molecule has 0 bridgehead atoms. The summed E-state index contributed by atoms with van der Waals surface area (Å²) >= 11 is 0. The van der Waals surface area contributed by atoms with Crippen LogP contribution < -0.4 is 5.73 Å². The summed E-state index contributed by atoms with van der Waals surface area (Å²) in [4.78, 5) is 0. The minimum absolute atomic E-state index is 0.254. The van der Waals surface area contributed by atoms with E-state index in [2.05, 4.69) is 38.1 Å². The van der Waals surface area contributed by atoms with E-state index < -0.39 is 0 Å². The molecule has 0 aliphatic rings. The van der Waals surface area contributed by atoms with Gasteiger partial charge in [0.25, 0.3) is 0 Å². The fraction of sp³-hybridized carbons (Fsp3) is 0.600. The predicted octanol–water partition coefficient (Wildman–Crippen LogP) is 2.66. The van der Waals surface area contributed by atoms with Crippen LogP contribution in [0.2, 0.25) is 0 Å². The lowest BCUT2D eigenvalue weighted by Crippen LogP contribution is -2.28. The highest BCUT2D eigenvalue weighted by atomic mass is 16.3. The molecule has 0 aliphatic heterocycles. The highest BCUT2D eigenvalue weighted by Crippen LogP contribution is 2.16. The van der Waals surface area contributed by atoms with Gasteiger partial charge in [-0.05, 0) is 44.2 Å². The van der Waals surface area contributed by atoms with Crippen molar-refractivity contribution >= 4 is 0 Å². The van der Waals surface area contributed by atoms with Gasteiger partial charge in [0.15, 0.2) is 0 Å². The number of hydrogen-bond donors (Lipinski definition) is 2. The summed E-state index contributed by atoms with van der Waals surface area (Å²) in [7, 11) is 0. The van der Waals surface area contributed by atoms with Gasteiger partial charge >= 0.3 is 0 Å². The van der Waals surface area contributed by atoms with E-state index in [-0.39, 0.29) is 12.0 Å². The van der Waals surface area contributed by atoms with Crippen LogP contribution in [0.25, 0.3) is 0 Å². The second kappa shape index (κ2) is 7.46. The number of nitrogens with two attached hydrogens (primary N) is 1. The van der Waals surface area contributed by atoms with Crippen LogP contribution in [0, 0.1) is 12.8 Å². The molecule has 2 unspecified atom stereocenters. The Hall–Kier alpha value is -0.860. The molecule has 2 atom stereocenters. The molecule has 0 aliphatic carbocycles. The molecule has 0 heterocycles. The highest BCUT2D eigenvalue weighted by Gasteiger charge is 2.16. The van der Waals surface area contributed by atoms with Crippen LogP contribution in [0.5, 0.6) is 0 Å². The molecule has 0 saturated heterocycles. The second-order valence-corrected chi connectivity index (χ2v) is 4.88. The van der Waals surface area contributed by atoms with Crippen molar-refractivity contribution in [1.82, 2.24) is 0 Å². The van der Waals surface area contributed by atoms with Crippen LogP contribution in [-0.4, -0.2) is 17.8 Å². The zero-order chi connectivity index (χ0) is 12.7. The van der Waals surface area contributed by atoms with Gasteiger partial charge in [-0.25, -0.2) is 0 Å². The Balaban J connectivity index is 2.44. The number of aliphatic hydroxyl groups excluding tert-OH is 1. The molecule has 1 aromatic rings. The van der Waals surface area contributed by atoms with Gasteiger partial charge in [-0.15, -0.1) is 0 Å². The first-order valence-electron chi connectivity index (χ1n) is 6.61. The standard InChI is InChI=1S/C15H25NO/c1-3-5-14(11-16)15(17)9-8-13-7-4-6-12(2)10-13/h4,6-7,10,14-15,17H,3,5,8-9,11,16H2,1-2H3. The van der Waals surface area contributed by atoms with E-state index in [1.807, 2.05) is 0 Å². The van der Waals surface area contributed by atoms with Gasteiger partial charge in [-0.3, -0.25) is 0 Å². The molecule has 0 amide bonds. The molecule has 2 nitrogen and oxygen atoms in total. The monoisotopic (exact) mass is 235 g/mol. The number of rotatable bonds is 7. The molecule has 0 saturated carbocycles. The lowest BCUT2D eigenvalue weighted by atomic mass is 9.92. The van der Waals surface area contributed by atoms with Gasteiger partial charge in [0.2, 0.25) is 0 Å². The Morgan fingerprint density at radius 1 is 1.29 bits per heavy atom. The smallest absolute Gasteiger partial charge is 0.0583 e. The molecule has 0 spiro atoms. The van der Waals surface area contributed by atoms with Crippen molar-refractivity contribution in [3.8, 4) is 0 Å². The third-order valence-electron chi connectivity index (χ3n) is 3.32. The van der Waals surface area contributed by atoms with E-state index in [9.17, 15) is 5.11 Å².